The van der Waals surface area contributed by atoms with Crippen LogP contribution >= 0.6 is 0 Å². The Labute approximate surface area is 128 Å². The number of carbonyl (C=O) groups is 1. The van der Waals surface area contributed by atoms with Crippen molar-refractivity contribution >= 4 is 5.78 Å². The highest BCUT2D eigenvalue weighted by atomic mass is 16.6. The van der Waals surface area contributed by atoms with Crippen molar-refractivity contribution in [3.8, 4) is 5.75 Å². The van der Waals surface area contributed by atoms with E-state index in [4.69, 9.17) is 4.74 Å². The summed E-state index contributed by atoms with van der Waals surface area (Å²) < 4.78 is 7.31. The topological polar surface area (TPSA) is 77.2 Å². The number of fused-ring (bicyclic) bond motifs is 1. The lowest BCUT2D eigenvalue weighted by Gasteiger charge is -2.40. The van der Waals surface area contributed by atoms with Crippen LogP contribution in [-0.4, -0.2) is 25.7 Å². The summed E-state index contributed by atoms with van der Waals surface area (Å²) in [6.07, 6.45) is 2.71. The van der Waals surface area contributed by atoms with Gasteiger partial charge in [0.1, 0.15) is 18.4 Å². The molecule has 0 radical (unpaired) electrons. The molecule has 2 aromatic rings. The van der Waals surface area contributed by atoms with Gasteiger partial charge in [0, 0.05) is 11.0 Å². The molecule has 0 saturated heterocycles. The highest BCUT2D eigenvalue weighted by molar-refractivity contribution is 5.92. The molecule has 1 N–H and O–H groups in total. The van der Waals surface area contributed by atoms with Crippen LogP contribution in [-0.2, 0) is 16.1 Å². The van der Waals surface area contributed by atoms with Gasteiger partial charge in [0.2, 0.25) is 5.78 Å². The summed E-state index contributed by atoms with van der Waals surface area (Å²) in [5.41, 5.74) is -3.42. The van der Waals surface area contributed by atoms with Crippen molar-refractivity contribution in [3.63, 3.8) is 0 Å². The average molecular weight is 301 g/mol. The Hall–Kier alpha value is -2.21. The molecule has 1 aliphatic rings. The number of aliphatic hydroxyl groups is 1. The maximum Gasteiger partial charge on any atom is 0.295 e. The van der Waals surface area contributed by atoms with Gasteiger partial charge < -0.3 is 9.84 Å². The molecule has 0 spiro atoms. The Bertz CT molecular complexity index is 716. The monoisotopic (exact) mass is 301 g/mol. The molecule has 1 aromatic heterocycles. The second kappa shape index (κ2) is 4.39. The molecular formula is C16H19N3O3. The van der Waals surface area contributed by atoms with E-state index >= 15 is 0 Å². The summed E-state index contributed by atoms with van der Waals surface area (Å²) in [7, 11) is 0. The van der Waals surface area contributed by atoms with Crippen LogP contribution in [0.1, 0.15) is 33.3 Å². The summed E-state index contributed by atoms with van der Waals surface area (Å²) in [6.45, 7) is 6.94. The van der Waals surface area contributed by atoms with Crippen LogP contribution in [0.5, 0.6) is 5.75 Å². The number of benzene rings is 1. The number of nitrogens with zero attached hydrogens (tertiary/aromatic N) is 3. The van der Waals surface area contributed by atoms with Crippen LogP contribution in [0.3, 0.4) is 0 Å². The van der Waals surface area contributed by atoms with Crippen LogP contribution in [0, 0.1) is 5.41 Å². The van der Waals surface area contributed by atoms with E-state index in [0.29, 0.717) is 11.3 Å². The Morgan fingerprint density at radius 2 is 2.00 bits per heavy atom. The number of hydrogen-bond donors (Lipinski definition) is 1. The van der Waals surface area contributed by atoms with Crippen LogP contribution < -0.4 is 4.74 Å². The molecule has 0 aliphatic carbocycles. The average Bonchev–Trinajstić information content (AvgIpc) is 3.03. The van der Waals surface area contributed by atoms with E-state index in [0.717, 1.165) is 0 Å². The smallest absolute Gasteiger partial charge is 0.295 e. The van der Waals surface area contributed by atoms with Gasteiger partial charge in [0.05, 0.1) is 0 Å². The lowest BCUT2D eigenvalue weighted by molar-refractivity contribution is -0.189. The van der Waals surface area contributed by atoms with Crippen molar-refractivity contribution < 1.29 is 14.6 Å². The molecule has 0 amide bonds. The number of rotatable bonds is 2. The first-order valence-electron chi connectivity index (χ1n) is 7.12. The molecule has 1 aliphatic heterocycles. The van der Waals surface area contributed by atoms with Gasteiger partial charge in [-0.3, -0.25) is 4.79 Å². The predicted molar refractivity (Wildman–Crippen MR) is 79.1 cm³/mol. The number of ether oxygens (including phenoxy) is 1. The molecule has 2 unspecified atom stereocenters. The number of carbonyl (C=O) groups excluding carboxylic acids is 1. The third kappa shape index (κ3) is 1.73. The fraction of sp³-hybridized carbons (Fsp3) is 0.438. The summed E-state index contributed by atoms with van der Waals surface area (Å²) >= 11 is 0. The summed E-state index contributed by atoms with van der Waals surface area (Å²) in [5.74, 6) is 0.201. The molecular weight excluding hydrogens is 282 g/mol. The van der Waals surface area contributed by atoms with Gasteiger partial charge in [0.25, 0.3) is 5.72 Å². The maximum absolute atomic E-state index is 13.2. The first kappa shape index (κ1) is 14.7. The molecule has 6 nitrogen and oxygen atoms in total. The van der Waals surface area contributed by atoms with Gasteiger partial charge in [0.15, 0.2) is 5.60 Å². The minimum absolute atomic E-state index is 0.272. The zero-order valence-electron chi connectivity index (χ0n) is 13.1. The van der Waals surface area contributed by atoms with Crippen molar-refractivity contribution in [2.75, 3.05) is 0 Å². The standard InChI is InChI=1S/C16H19N3O3/c1-14(2,3)13(20)16(19-10-17-9-18-19)15(4,21)11-7-5-6-8-12(11)22-16/h5-10,21H,1-4H3. The molecule has 6 heteroatoms. The van der Waals surface area contributed by atoms with Gasteiger partial charge in [-0.05, 0) is 13.0 Å². The highest BCUT2D eigenvalue weighted by Crippen LogP contribution is 2.52. The summed E-state index contributed by atoms with van der Waals surface area (Å²) in [4.78, 5) is 17.1. The number of ketones is 1. The normalized spacial score (nSPS) is 27.3. The second-order valence-corrected chi connectivity index (χ2v) is 6.73. The van der Waals surface area contributed by atoms with Crippen LogP contribution in [0.15, 0.2) is 36.9 Å². The van der Waals surface area contributed by atoms with E-state index in [9.17, 15) is 9.90 Å². The van der Waals surface area contributed by atoms with Crippen LogP contribution in [0.2, 0.25) is 0 Å². The minimum Gasteiger partial charge on any atom is -0.455 e. The first-order chi connectivity index (χ1) is 10.2. The number of aromatic nitrogens is 3. The Balaban J connectivity index is 2.29. The van der Waals surface area contributed by atoms with Crippen molar-refractivity contribution in [1.82, 2.24) is 14.8 Å². The molecule has 22 heavy (non-hydrogen) atoms. The largest absolute Gasteiger partial charge is 0.455 e. The van der Waals surface area contributed by atoms with Gasteiger partial charge in [-0.2, -0.15) is 5.10 Å². The molecule has 116 valence electrons. The molecule has 2 atom stereocenters. The van der Waals surface area contributed by atoms with Gasteiger partial charge in [-0.1, -0.05) is 39.0 Å². The molecule has 0 bridgehead atoms. The maximum atomic E-state index is 13.2. The van der Waals surface area contributed by atoms with Gasteiger partial charge in [-0.15, -0.1) is 0 Å². The van der Waals surface area contributed by atoms with E-state index < -0.39 is 16.7 Å². The Kier molecular flexibility index (Phi) is 2.94. The zero-order chi connectivity index (χ0) is 16.2. The van der Waals surface area contributed by atoms with Gasteiger partial charge in [-0.25, -0.2) is 9.67 Å². The Morgan fingerprint density at radius 3 is 2.55 bits per heavy atom. The van der Waals surface area contributed by atoms with Crippen molar-refractivity contribution in [2.45, 2.75) is 39.0 Å². The van der Waals surface area contributed by atoms with E-state index in [-0.39, 0.29) is 5.78 Å². The Morgan fingerprint density at radius 1 is 1.32 bits per heavy atom. The lowest BCUT2D eigenvalue weighted by Crippen LogP contribution is -2.61. The van der Waals surface area contributed by atoms with E-state index in [1.165, 1.54) is 17.3 Å². The third-order valence-electron chi connectivity index (χ3n) is 4.06. The molecule has 1 aromatic carbocycles. The van der Waals surface area contributed by atoms with E-state index in [2.05, 4.69) is 10.1 Å². The number of Topliss-reactive ketones (excluding diaryl/α,β-unsaturated/α-hetero) is 1. The van der Waals surface area contributed by atoms with Crippen LogP contribution in [0.25, 0.3) is 0 Å². The predicted octanol–water partition coefficient (Wildman–Crippen LogP) is 1.85. The quantitative estimate of drug-likeness (QED) is 0.916. The lowest BCUT2D eigenvalue weighted by atomic mass is 9.75. The van der Waals surface area contributed by atoms with Crippen molar-refractivity contribution in [3.05, 3.63) is 42.5 Å². The van der Waals surface area contributed by atoms with Gasteiger partial charge >= 0.3 is 0 Å². The molecule has 3 rings (SSSR count). The molecule has 0 saturated carbocycles. The molecule has 2 heterocycles. The summed E-state index contributed by atoms with van der Waals surface area (Å²) in [6, 6.07) is 7.09. The zero-order valence-corrected chi connectivity index (χ0v) is 13.1. The van der Waals surface area contributed by atoms with E-state index in [1.807, 2.05) is 0 Å². The number of para-hydroxylation sites is 1. The third-order valence-corrected chi connectivity index (χ3v) is 4.06. The highest BCUT2D eigenvalue weighted by Gasteiger charge is 2.65. The fourth-order valence-electron chi connectivity index (χ4n) is 2.92. The van der Waals surface area contributed by atoms with E-state index in [1.54, 1.807) is 52.0 Å². The van der Waals surface area contributed by atoms with Crippen molar-refractivity contribution in [1.29, 1.82) is 0 Å². The SMILES string of the molecule is CC(C)(C)C(=O)C1(n2cncn2)Oc2ccccc2C1(C)O. The minimum atomic E-state index is -1.68. The van der Waals surface area contributed by atoms with Crippen LogP contribution in [0.4, 0.5) is 0 Å². The first-order valence-corrected chi connectivity index (χ1v) is 7.12. The summed E-state index contributed by atoms with van der Waals surface area (Å²) in [5, 5.41) is 15.3. The fourth-order valence-corrected chi connectivity index (χ4v) is 2.92. The van der Waals surface area contributed by atoms with Crippen molar-refractivity contribution in [2.24, 2.45) is 5.41 Å². The number of hydrogen-bond acceptors (Lipinski definition) is 5. The molecule has 0 fully saturated rings. The second-order valence-electron chi connectivity index (χ2n) is 6.73.